The fraction of sp³-hybridized carbons (Fsp3) is 0.242. The average Bonchev–Trinajstić information content (AvgIpc) is 3.50. The first kappa shape index (κ1) is 30.4. The molecule has 10 nitrogen and oxygen atoms in total. The zero-order valence-electron chi connectivity index (χ0n) is 24.8. The molecule has 4 heterocycles. The number of thiazole rings is 1. The lowest BCUT2D eigenvalue weighted by Gasteiger charge is -2.49. The summed E-state index contributed by atoms with van der Waals surface area (Å²) < 4.78 is 11.6. The van der Waals surface area contributed by atoms with Gasteiger partial charge in [0.25, 0.3) is 5.91 Å². The minimum absolute atomic E-state index is 0.138. The number of ether oxygens (including phenoxy) is 2. The molecule has 2 aromatic carbocycles. The van der Waals surface area contributed by atoms with Gasteiger partial charge in [-0.1, -0.05) is 72.0 Å². The molecule has 4 aromatic rings. The van der Waals surface area contributed by atoms with Crippen molar-refractivity contribution in [2.45, 2.75) is 43.9 Å². The molecule has 2 aliphatic rings. The molecule has 2 aliphatic heterocycles. The predicted molar refractivity (Wildman–Crippen MR) is 174 cm³/mol. The second-order valence-electron chi connectivity index (χ2n) is 11.4. The maximum atomic E-state index is 14.3. The first-order chi connectivity index (χ1) is 21.7. The van der Waals surface area contributed by atoms with Gasteiger partial charge >= 0.3 is 12.1 Å². The minimum Gasteiger partial charge on any atom is -0.448 e. The van der Waals surface area contributed by atoms with Crippen molar-refractivity contribution in [2.24, 2.45) is 0 Å². The van der Waals surface area contributed by atoms with Gasteiger partial charge in [-0.05, 0) is 44.0 Å². The number of aromatic nitrogens is 2. The van der Waals surface area contributed by atoms with E-state index in [1.165, 1.54) is 28.0 Å². The Morgan fingerprint density at radius 2 is 1.67 bits per heavy atom. The standard InChI is InChI=1S/C33H31N5O5S2/c1-33(2,3)43-32(41)37-25-28(39)38-26(30(40)42-27(20-11-6-4-7-12-20)21-13-8-5-9-14-21)23(19-44-29(25)38)24-18-35-31(45-24)36-22-15-10-16-34-17-22/h4-18,25,27,29H,19H2,1-3H3,(H,35,36)(H,37,41). The molecule has 2 amide bonds. The molecule has 0 bridgehead atoms. The Kier molecular flexibility index (Phi) is 8.59. The number of hydrogen-bond donors (Lipinski definition) is 2. The zero-order chi connectivity index (χ0) is 31.6. The largest absolute Gasteiger partial charge is 0.448 e. The Morgan fingerprint density at radius 1 is 0.978 bits per heavy atom. The first-order valence-electron chi connectivity index (χ1n) is 14.3. The smallest absolute Gasteiger partial charge is 0.408 e. The van der Waals surface area contributed by atoms with Crippen LogP contribution in [0, 0.1) is 0 Å². The number of nitrogens with one attached hydrogen (secondary N) is 2. The number of hydrogen-bond acceptors (Lipinski definition) is 10. The Labute approximate surface area is 268 Å². The van der Waals surface area contributed by atoms with E-state index < -0.39 is 41.1 Å². The van der Waals surface area contributed by atoms with Crippen molar-refractivity contribution in [3.05, 3.63) is 113 Å². The van der Waals surface area contributed by atoms with E-state index in [0.717, 1.165) is 16.8 Å². The second kappa shape index (κ2) is 12.7. The van der Waals surface area contributed by atoms with Crippen molar-refractivity contribution in [3.63, 3.8) is 0 Å². The van der Waals surface area contributed by atoms with E-state index in [1.807, 2.05) is 72.8 Å². The van der Waals surface area contributed by atoms with E-state index in [4.69, 9.17) is 9.47 Å². The molecule has 2 atom stereocenters. The highest BCUT2D eigenvalue weighted by Gasteiger charge is 2.55. The van der Waals surface area contributed by atoms with Gasteiger partial charge in [0, 0.05) is 23.7 Å². The van der Waals surface area contributed by atoms with Crippen molar-refractivity contribution >= 4 is 57.5 Å². The molecule has 0 aliphatic carbocycles. The fourth-order valence-corrected chi connectivity index (χ4v) is 7.35. The van der Waals surface area contributed by atoms with Gasteiger partial charge in [-0.15, -0.1) is 11.8 Å². The lowest BCUT2D eigenvalue weighted by Crippen LogP contribution is -2.70. The third-order valence-corrected chi connectivity index (χ3v) is 9.23. The Bertz CT molecular complexity index is 1680. The van der Waals surface area contributed by atoms with Crippen LogP contribution in [-0.2, 0) is 19.1 Å². The van der Waals surface area contributed by atoms with E-state index >= 15 is 0 Å². The van der Waals surface area contributed by atoms with Gasteiger partial charge in [0.15, 0.2) is 11.2 Å². The number of carbonyl (C=O) groups excluding carboxylic acids is 3. The number of nitrogens with zero attached hydrogens (tertiary/aromatic N) is 3. The third-order valence-electron chi connectivity index (χ3n) is 6.98. The average molecular weight is 642 g/mol. The number of thioether (sulfide) groups is 1. The second-order valence-corrected chi connectivity index (χ2v) is 13.5. The van der Waals surface area contributed by atoms with Gasteiger partial charge in [-0.3, -0.25) is 14.7 Å². The third kappa shape index (κ3) is 6.71. The van der Waals surface area contributed by atoms with Crippen molar-refractivity contribution in [3.8, 4) is 0 Å². The van der Waals surface area contributed by atoms with Crippen LogP contribution in [0.5, 0.6) is 0 Å². The summed E-state index contributed by atoms with van der Waals surface area (Å²) in [5, 5.41) is 6.01. The van der Waals surface area contributed by atoms with Gasteiger partial charge in [0.1, 0.15) is 22.7 Å². The van der Waals surface area contributed by atoms with Gasteiger partial charge in [0.05, 0.1) is 16.8 Å². The van der Waals surface area contributed by atoms with E-state index in [0.29, 0.717) is 21.3 Å². The molecule has 1 fully saturated rings. The number of anilines is 2. The highest BCUT2D eigenvalue weighted by molar-refractivity contribution is 8.00. The quantitative estimate of drug-likeness (QED) is 0.173. The summed E-state index contributed by atoms with van der Waals surface area (Å²) in [5.41, 5.74) is 2.40. The molecular weight excluding hydrogens is 611 g/mol. The molecule has 0 spiro atoms. The van der Waals surface area contributed by atoms with Gasteiger partial charge in [-0.2, -0.15) is 0 Å². The van der Waals surface area contributed by atoms with Gasteiger partial charge in [-0.25, -0.2) is 14.6 Å². The highest BCUT2D eigenvalue weighted by Crippen LogP contribution is 2.46. The summed E-state index contributed by atoms with van der Waals surface area (Å²) in [5.74, 6) is -0.676. The summed E-state index contributed by atoms with van der Waals surface area (Å²) in [6, 6.07) is 21.8. The summed E-state index contributed by atoms with van der Waals surface area (Å²) >= 11 is 2.81. The van der Waals surface area contributed by atoms with Crippen LogP contribution in [0.25, 0.3) is 5.57 Å². The van der Waals surface area contributed by atoms with Crippen molar-refractivity contribution in [2.75, 3.05) is 11.1 Å². The maximum absolute atomic E-state index is 14.3. The molecule has 230 valence electrons. The molecule has 45 heavy (non-hydrogen) atoms. The van der Waals surface area contributed by atoms with Crippen molar-refractivity contribution < 1.29 is 23.9 Å². The molecule has 0 saturated carbocycles. The number of pyridine rings is 1. The summed E-state index contributed by atoms with van der Waals surface area (Å²) in [6.45, 7) is 5.26. The number of rotatable bonds is 8. The SMILES string of the molecule is CC(C)(C)OC(=O)NC1C(=O)N2C(C(=O)OC(c3ccccc3)c3ccccc3)=C(c3cnc(Nc4cccnc4)s3)CSC12. The molecule has 2 unspecified atom stereocenters. The normalized spacial score (nSPS) is 17.8. The maximum Gasteiger partial charge on any atom is 0.408 e. The molecular formula is C33H31N5O5S2. The van der Waals surface area contributed by atoms with E-state index in [1.54, 1.807) is 39.4 Å². The monoisotopic (exact) mass is 641 g/mol. The van der Waals surface area contributed by atoms with E-state index in [-0.39, 0.29) is 5.70 Å². The van der Waals surface area contributed by atoms with Gasteiger partial charge in [0.2, 0.25) is 0 Å². The number of carbonyl (C=O) groups is 3. The predicted octanol–water partition coefficient (Wildman–Crippen LogP) is 6.13. The van der Waals surface area contributed by atoms with Crippen molar-refractivity contribution in [1.82, 2.24) is 20.2 Å². The topological polar surface area (TPSA) is 123 Å². The Hall–Kier alpha value is -4.68. The molecule has 2 aromatic heterocycles. The number of esters is 1. The number of amides is 2. The molecule has 1 saturated heterocycles. The number of fused-ring (bicyclic) bond motifs is 1. The lowest BCUT2D eigenvalue weighted by atomic mass is 10.0. The number of β-lactam (4-membered cyclic amide) rings is 1. The first-order valence-corrected chi connectivity index (χ1v) is 16.2. The van der Waals surface area contributed by atoms with Crippen LogP contribution in [0.2, 0.25) is 0 Å². The highest BCUT2D eigenvalue weighted by atomic mass is 32.2. The Morgan fingerprint density at radius 3 is 2.29 bits per heavy atom. The fourth-order valence-electron chi connectivity index (χ4n) is 5.01. The van der Waals surface area contributed by atoms with Crippen molar-refractivity contribution in [1.29, 1.82) is 0 Å². The Balaban J connectivity index is 1.34. The van der Waals surface area contributed by atoms with Crippen LogP contribution < -0.4 is 10.6 Å². The number of benzene rings is 2. The molecule has 2 N–H and O–H groups in total. The van der Waals surface area contributed by atoms with E-state index in [9.17, 15) is 14.4 Å². The van der Waals surface area contributed by atoms with Crippen LogP contribution in [0.15, 0.2) is 97.1 Å². The van der Waals surface area contributed by atoms with Crippen LogP contribution in [0.4, 0.5) is 15.6 Å². The minimum atomic E-state index is -0.850. The zero-order valence-corrected chi connectivity index (χ0v) is 26.4. The van der Waals surface area contributed by atoms with E-state index in [2.05, 4.69) is 20.6 Å². The van der Waals surface area contributed by atoms with Crippen LogP contribution in [0.1, 0.15) is 42.9 Å². The molecule has 0 radical (unpaired) electrons. The molecule has 6 rings (SSSR count). The summed E-state index contributed by atoms with van der Waals surface area (Å²) in [7, 11) is 0. The van der Waals surface area contributed by atoms with Crippen LogP contribution in [-0.4, -0.2) is 55.6 Å². The summed E-state index contributed by atoms with van der Waals surface area (Å²) in [6.07, 6.45) is 3.65. The lowest BCUT2D eigenvalue weighted by molar-refractivity contribution is -0.153. The number of alkyl carbamates (subject to hydrolysis) is 1. The van der Waals surface area contributed by atoms with Crippen LogP contribution >= 0.6 is 23.1 Å². The van der Waals surface area contributed by atoms with Gasteiger partial charge < -0.3 is 20.1 Å². The van der Waals surface area contributed by atoms with Crippen LogP contribution in [0.3, 0.4) is 0 Å². The molecule has 12 heteroatoms. The summed E-state index contributed by atoms with van der Waals surface area (Å²) in [4.78, 5) is 51.2.